The monoisotopic (exact) mass is 405 g/mol. The first-order valence-corrected chi connectivity index (χ1v) is 7.29. The Hall–Kier alpha value is -0.820. The van der Waals surface area contributed by atoms with Gasteiger partial charge < -0.3 is 15.4 Å². The zero-order valence-electron chi connectivity index (χ0n) is 13.5. The Kier molecular flexibility index (Phi) is 11.3. The van der Waals surface area contributed by atoms with E-state index in [1.807, 2.05) is 13.8 Å². The standard InChI is InChI=1S/C16H27N3O.HI/c1-5-10-18-16(17-4)19-11-14-6-8-15(9-7-14)12-20-13(2)3;/h6-9,13H,5,10-12H2,1-4H3,(H2,17,18,19);1H. The third-order valence-electron chi connectivity index (χ3n) is 2.83. The van der Waals surface area contributed by atoms with Crippen molar-refractivity contribution in [2.24, 2.45) is 4.99 Å². The molecule has 0 radical (unpaired) electrons. The van der Waals surface area contributed by atoms with E-state index < -0.39 is 0 Å². The molecule has 1 aromatic carbocycles. The van der Waals surface area contributed by atoms with Gasteiger partial charge in [-0.1, -0.05) is 31.2 Å². The number of nitrogens with zero attached hydrogens (tertiary/aromatic N) is 1. The van der Waals surface area contributed by atoms with Gasteiger partial charge >= 0.3 is 0 Å². The van der Waals surface area contributed by atoms with Gasteiger partial charge in [0.15, 0.2) is 5.96 Å². The summed E-state index contributed by atoms with van der Waals surface area (Å²) in [6, 6.07) is 8.47. The van der Waals surface area contributed by atoms with Crippen LogP contribution in [0.1, 0.15) is 38.3 Å². The van der Waals surface area contributed by atoms with Crippen molar-refractivity contribution in [1.82, 2.24) is 10.6 Å². The van der Waals surface area contributed by atoms with Gasteiger partial charge in [0.25, 0.3) is 0 Å². The van der Waals surface area contributed by atoms with E-state index in [0.717, 1.165) is 25.5 Å². The number of guanidine groups is 1. The van der Waals surface area contributed by atoms with E-state index in [1.165, 1.54) is 11.1 Å². The Morgan fingerprint density at radius 3 is 2.29 bits per heavy atom. The second-order valence-electron chi connectivity index (χ2n) is 5.03. The summed E-state index contributed by atoms with van der Waals surface area (Å²) in [6.07, 6.45) is 1.36. The molecule has 2 N–H and O–H groups in total. The number of aliphatic imine (C=N–C) groups is 1. The third kappa shape index (κ3) is 8.93. The van der Waals surface area contributed by atoms with Crippen LogP contribution >= 0.6 is 24.0 Å². The van der Waals surface area contributed by atoms with E-state index in [4.69, 9.17) is 4.74 Å². The molecule has 1 aromatic rings. The van der Waals surface area contributed by atoms with Crippen molar-refractivity contribution in [3.63, 3.8) is 0 Å². The average Bonchev–Trinajstić information content (AvgIpc) is 2.46. The molecule has 0 aliphatic heterocycles. The molecule has 0 aliphatic carbocycles. The van der Waals surface area contributed by atoms with Crippen LogP contribution in [0.5, 0.6) is 0 Å². The fraction of sp³-hybridized carbons (Fsp3) is 0.562. The van der Waals surface area contributed by atoms with Crippen molar-refractivity contribution in [2.45, 2.75) is 46.4 Å². The average molecular weight is 405 g/mol. The molecule has 21 heavy (non-hydrogen) atoms. The van der Waals surface area contributed by atoms with Crippen LogP contribution < -0.4 is 10.6 Å². The molecule has 0 atom stereocenters. The zero-order chi connectivity index (χ0) is 14.8. The van der Waals surface area contributed by atoms with E-state index in [2.05, 4.69) is 46.8 Å². The first kappa shape index (κ1) is 20.2. The SMILES string of the molecule is CCCNC(=NC)NCc1ccc(COC(C)C)cc1.I. The van der Waals surface area contributed by atoms with E-state index >= 15 is 0 Å². The van der Waals surface area contributed by atoms with E-state index in [9.17, 15) is 0 Å². The Morgan fingerprint density at radius 1 is 1.14 bits per heavy atom. The maximum Gasteiger partial charge on any atom is 0.191 e. The van der Waals surface area contributed by atoms with Crippen molar-refractivity contribution in [3.05, 3.63) is 35.4 Å². The number of nitrogens with one attached hydrogen (secondary N) is 2. The summed E-state index contributed by atoms with van der Waals surface area (Å²) in [6.45, 7) is 8.61. The van der Waals surface area contributed by atoms with Crippen molar-refractivity contribution in [1.29, 1.82) is 0 Å². The lowest BCUT2D eigenvalue weighted by Crippen LogP contribution is -2.37. The lowest BCUT2D eigenvalue weighted by molar-refractivity contribution is 0.0657. The molecule has 0 unspecified atom stereocenters. The molecule has 1 rings (SSSR count). The van der Waals surface area contributed by atoms with Gasteiger partial charge in [-0.2, -0.15) is 0 Å². The normalized spacial score (nSPS) is 11.2. The number of halogens is 1. The summed E-state index contributed by atoms with van der Waals surface area (Å²) in [5.41, 5.74) is 2.44. The summed E-state index contributed by atoms with van der Waals surface area (Å²) in [5, 5.41) is 6.55. The molecular weight excluding hydrogens is 377 g/mol. The highest BCUT2D eigenvalue weighted by atomic mass is 127. The maximum atomic E-state index is 5.58. The Balaban J connectivity index is 0.00000400. The number of benzene rings is 1. The van der Waals surface area contributed by atoms with Crippen LogP contribution in [0.15, 0.2) is 29.3 Å². The molecule has 0 amide bonds. The molecule has 5 heteroatoms. The highest BCUT2D eigenvalue weighted by molar-refractivity contribution is 14.0. The topological polar surface area (TPSA) is 45.7 Å². The quantitative estimate of drug-likeness (QED) is 0.416. The Labute approximate surface area is 145 Å². The van der Waals surface area contributed by atoms with E-state index in [0.29, 0.717) is 6.61 Å². The van der Waals surface area contributed by atoms with Gasteiger partial charge in [-0.05, 0) is 31.4 Å². The lowest BCUT2D eigenvalue weighted by atomic mass is 10.1. The van der Waals surface area contributed by atoms with Gasteiger partial charge in [-0.15, -0.1) is 24.0 Å². The Bertz CT molecular complexity index is 404. The second kappa shape index (κ2) is 11.8. The minimum Gasteiger partial charge on any atom is -0.374 e. The third-order valence-corrected chi connectivity index (χ3v) is 2.83. The summed E-state index contributed by atoms with van der Waals surface area (Å²) >= 11 is 0. The van der Waals surface area contributed by atoms with Crippen LogP contribution in [0.2, 0.25) is 0 Å². The fourth-order valence-corrected chi connectivity index (χ4v) is 1.67. The highest BCUT2D eigenvalue weighted by Gasteiger charge is 1.99. The van der Waals surface area contributed by atoms with E-state index in [1.54, 1.807) is 7.05 Å². The molecule has 4 nitrogen and oxygen atoms in total. The van der Waals surface area contributed by atoms with Gasteiger partial charge in [0.2, 0.25) is 0 Å². The van der Waals surface area contributed by atoms with Gasteiger partial charge in [0.1, 0.15) is 0 Å². The van der Waals surface area contributed by atoms with Crippen LogP contribution in [0.3, 0.4) is 0 Å². The summed E-state index contributed by atoms with van der Waals surface area (Å²) in [5.74, 6) is 0.846. The Morgan fingerprint density at radius 2 is 1.76 bits per heavy atom. The molecule has 0 aliphatic rings. The number of hydrogen-bond donors (Lipinski definition) is 2. The number of ether oxygens (including phenoxy) is 1. The van der Waals surface area contributed by atoms with E-state index in [-0.39, 0.29) is 30.1 Å². The van der Waals surface area contributed by atoms with Crippen molar-refractivity contribution >= 4 is 29.9 Å². The largest absolute Gasteiger partial charge is 0.374 e. The number of rotatable bonds is 7. The van der Waals surface area contributed by atoms with Crippen molar-refractivity contribution < 1.29 is 4.74 Å². The van der Waals surface area contributed by atoms with Gasteiger partial charge in [0, 0.05) is 20.1 Å². The summed E-state index contributed by atoms with van der Waals surface area (Å²) in [7, 11) is 1.79. The van der Waals surface area contributed by atoms with Crippen molar-refractivity contribution in [2.75, 3.05) is 13.6 Å². The molecule has 0 saturated carbocycles. The molecule has 0 heterocycles. The maximum absolute atomic E-state index is 5.58. The minimum atomic E-state index is 0. The smallest absolute Gasteiger partial charge is 0.191 e. The van der Waals surface area contributed by atoms with Crippen LogP contribution in [0.4, 0.5) is 0 Å². The minimum absolute atomic E-state index is 0. The molecule has 0 fully saturated rings. The second-order valence-corrected chi connectivity index (χ2v) is 5.03. The molecular formula is C16H28IN3O. The van der Waals surface area contributed by atoms with Gasteiger partial charge in [-0.25, -0.2) is 0 Å². The highest BCUT2D eigenvalue weighted by Crippen LogP contribution is 2.07. The van der Waals surface area contributed by atoms with Crippen LogP contribution in [-0.4, -0.2) is 25.7 Å². The van der Waals surface area contributed by atoms with Crippen LogP contribution in [0, 0.1) is 0 Å². The first-order valence-electron chi connectivity index (χ1n) is 7.29. The fourth-order valence-electron chi connectivity index (χ4n) is 1.67. The molecule has 120 valence electrons. The predicted molar refractivity (Wildman–Crippen MR) is 100 cm³/mol. The first-order chi connectivity index (χ1) is 9.65. The van der Waals surface area contributed by atoms with Crippen LogP contribution in [0.25, 0.3) is 0 Å². The van der Waals surface area contributed by atoms with Crippen molar-refractivity contribution in [3.8, 4) is 0 Å². The molecule has 0 spiro atoms. The number of hydrogen-bond acceptors (Lipinski definition) is 2. The zero-order valence-corrected chi connectivity index (χ0v) is 15.8. The molecule has 0 bridgehead atoms. The summed E-state index contributed by atoms with van der Waals surface area (Å²) in [4.78, 5) is 4.18. The van der Waals surface area contributed by atoms with Crippen LogP contribution in [-0.2, 0) is 17.9 Å². The van der Waals surface area contributed by atoms with Gasteiger partial charge in [0.05, 0.1) is 12.7 Å². The predicted octanol–water partition coefficient (Wildman–Crippen LogP) is 3.30. The molecule has 0 saturated heterocycles. The van der Waals surface area contributed by atoms with Gasteiger partial charge in [-0.3, -0.25) is 4.99 Å². The lowest BCUT2D eigenvalue weighted by Gasteiger charge is -2.12. The summed E-state index contributed by atoms with van der Waals surface area (Å²) < 4.78 is 5.58. The molecule has 0 aromatic heterocycles.